The van der Waals surface area contributed by atoms with Crippen molar-refractivity contribution < 1.29 is 9.31 Å². The van der Waals surface area contributed by atoms with E-state index in [1.165, 1.54) is 35.6 Å². The van der Waals surface area contributed by atoms with Crippen LogP contribution in [0, 0.1) is 22.9 Å². The van der Waals surface area contributed by atoms with E-state index >= 15 is 0 Å². The number of fused-ring (bicyclic) bond motifs is 1. The second kappa shape index (κ2) is 4.64. The van der Waals surface area contributed by atoms with Gasteiger partial charge in [0.05, 0.1) is 15.1 Å². The zero-order valence-corrected chi connectivity index (χ0v) is 11.3. The number of hydrogen-bond donors (Lipinski definition) is 0. The molecule has 0 fully saturated rings. The van der Waals surface area contributed by atoms with Gasteiger partial charge in [-0.15, -0.1) is 11.3 Å². The molecule has 0 saturated heterocycles. The molecule has 3 aromatic rings. The monoisotopic (exact) mass is 288 g/mol. The molecule has 1 heterocycles. The summed E-state index contributed by atoms with van der Waals surface area (Å²) in [6.45, 7) is 1.80. The molecular weight excluding hydrogens is 279 g/mol. The molecule has 1 aromatic heterocycles. The van der Waals surface area contributed by atoms with Crippen molar-refractivity contribution in [2.75, 3.05) is 0 Å². The third-order valence-electron chi connectivity index (χ3n) is 2.87. The molecule has 6 heteroatoms. The minimum Gasteiger partial charge on any atom is -0.258 e. The first kappa shape index (κ1) is 12.7. The summed E-state index contributed by atoms with van der Waals surface area (Å²) < 4.78 is 13.9. The van der Waals surface area contributed by atoms with Crippen LogP contribution in [0.1, 0.15) is 5.56 Å². The van der Waals surface area contributed by atoms with Crippen LogP contribution < -0.4 is 0 Å². The summed E-state index contributed by atoms with van der Waals surface area (Å²) in [6, 6.07) is 9.21. The Balaban J connectivity index is 2.17. The minimum absolute atomic E-state index is 0.0328. The van der Waals surface area contributed by atoms with Gasteiger partial charge < -0.3 is 0 Å². The van der Waals surface area contributed by atoms with Gasteiger partial charge in [-0.05, 0) is 36.8 Å². The molecule has 2 aromatic carbocycles. The van der Waals surface area contributed by atoms with Gasteiger partial charge in [0.2, 0.25) is 0 Å². The zero-order valence-electron chi connectivity index (χ0n) is 10.5. The Labute approximate surface area is 117 Å². The predicted octanol–water partition coefficient (Wildman–Crippen LogP) is 4.32. The van der Waals surface area contributed by atoms with E-state index in [4.69, 9.17) is 0 Å². The molecule has 0 amide bonds. The van der Waals surface area contributed by atoms with Crippen LogP contribution in [-0.2, 0) is 0 Å². The van der Waals surface area contributed by atoms with E-state index in [0.717, 1.165) is 10.3 Å². The van der Waals surface area contributed by atoms with Crippen LogP contribution >= 0.6 is 11.3 Å². The minimum atomic E-state index is -0.427. The van der Waals surface area contributed by atoms with Gasteiger partial charge in [0.1, 0.15) is 10.8 Å². The molecule has 0 unspecified atom stereocenters. The smallest absolute Gasteiger partial charge is 0.258 e. The summed E-state index contributed by atoms with van der Waals surface area (Å²) in [5.74, 6) is -0.317. The Kier molecular flexibility index (Phi) is 2.94. The summed E-state index contributed by atoms with van der Waals surface area (Å²) in [7, 11) is 0. The Bertz CT molecular complexity index is 829. The second-order valence-electron chi connectivity index (χ2n) is 4.45. The molecule has 0 radical (unpaired) electrons. The van der Waals surface area contributed by atoms with E-state index in [2.05, 4.69) is 4.98 Å². The first-order valence-corrected chi connectivity index (χ1v) is 6.67. The second-order valence-corrected chi connectivity index (χ2v) is 5.48. The first-order valence-electron chi connectivity index (χ1n) is 5.85. The van der Waals surface area contributed by atoms with Crippen LogP contribution in [0.25, 0.3) is 20.8 Å². The molecule has 0 N–H and O–H groups in total. The van der Waals surface area contributed by atoms with E-state index in [0.29, 0.717) is 16.1 Å². The SMILES string of the molecule is Cc1cc(-c2nc3ccc(F)cc3s2)cc([N+](=O)[O-])c1. The Morgan fingerprint density at radius 3 is 2.80 bits per heavy atom. The number of halogens is 1. The van der Waals surface area contributed by atoms with E-state index in [-0.39, 0.29) is 11.5 Å². The van der Waals surface area contributed by atoms with E-state index in [1.54, 1.807) is 13.0 Å². The number of aryl methyl sites for hydroxylation is 1. The molecule has 0 aliphatic rings. The zero-order chi connectivity index (χ0) is 14.3. The largest absolute Gasteiger partial charge is 0.270 e. The topological polar surface area (TPSA) is 56.0 Å². The lowest BCUT2D eigenvalue weighted by molar-refractivity contribution is -0.384. The summed E-state index contributed by atoms with van der Waals surface area (Å²) in [6.07, 6.45) is 0. The van der Waals surface area contributed by atoms with Crippen molar-refractivity contribution in [3.05, 3.63) is 57.9 Å². The number of thiazole rings is 1. The van der Waals surface area contributed by atoms with Crippen LogP contribution in [0.5, 0.6) is 0 Å². The van der Waals surface area contributed by atoms with Crippen molar-refractivity contribution in [1.82, 2.24) is 4.98 Å². The molecule has 100 valence electrons. The van der Waals surface area contributed by atoms with Crippen LogP contribution in [-0.4, -0.2) is 9.91 Å². The van der Waals surface area contributed by atoms with Crippen LogP contribution in [0.15, 0.2) is 36.4 Å². The van der Waals surface area contributed by atoms with Gasteiger partial charge in [-0.3, -0.25) is 10.1 Å². The number of non-ortho nitro benzene ring substituents is 1. The number of nitro groups is 1. The highest BCUT2D eigenvalue weighted by Gasteiger charge is 2.12. The number of nitrogens with zero attached hydrogens (tertiary/aromatic N) is 2. The number of benzene rings is 2. The first-order chi connectivity index (χ1) is 9.52. The molecule has 0 atom stereocenters. The van der Waals surface area contributed by atoms with E-state index < -0.39 is 4.92 Å². The molecule has 0 spiro atoms. The maximum absolute atomic E-state index is 13.2. The highest BCUT2D eigenvalue weighted by molar-refractivity contribution is 7.21. The maximum atomic E-state index is 13.2. The van der Waals surface area contributed by atoms with Crippen LogP contribution in [0.3, 0.4) is 0 Å². The van der Waals surface area contributed by atoms with Crippen molar-refractivity contribution in [1.29, 1.82) is 0 Å². The fourth-order valence-corrected chi connectivity index (χ4v) is 2.99. The van der Waals surface area contributed by atoms with Gasteiger partial charge in [-0.2, -0.15) is 0 Å². The number of rotatable bonds is 2. The number of aromatic nitrogens is 1. The number of hydrogen-bond acceptors (Lipinski definition) is 4. The number of nitro benzene ring substituents is 1. The lowest BCUT2D eigenvalue weighted by Gasteiger charge is -1.99. The Morgan fingerprint density at radius 2 is 2.05 bits per heavy atom. The molecule has 0 aliphatic heterocycles. The average molecular weight is 288 g/mol. The fraction of sp³-hybridized carbons (Fsp3) is 0.0714. The van der Waals surface area contributed by atoms with Gasteiger partial charge >= 0.3 is 0 Å². The fourth-order valence-electron chi connectivity index (χ4n) is 2.01. The molecule has 0 bridgehead atoms. The summed E-state index contributed by atoms with van der Waals surface area (Å²) in [4.78, 5) is 14.9. The van der Waals surface area contributed by atoms with Gasteiger partial charge in [-0.25, -0.2) is 9.37 Å². The summed E-state index contributed by atoms with van der Waals surface area (Å²) >= 11 is 1.32. The van der Waals surface area contributed by atoms with Gasteiger partial charge in [0.15, 0.2) is 0 Å². The van der Waals surface area contributed by atoms with Crippen LogP contribution in [0.2, 0.25) is 0 Å². The Hall–Kier alpha value is -2.34. The highest BCUT2D eigenvalue weighted by Crippen LogP contribution is 2.32. The molecule has 0 saturated carbocycles. The predicted molar refractivity (Wildman–Crippen MR) is 76.4 cm³/mol. The molecule has 4 nitrogen and oxygen atoms in total. The third-order valence-corrected chi connectivity index (χ3v) is 3.94. The normalized spacial score (nSPS) is 10.9. The molecule has 3 rings (SSSR count). The summed E-state index contributed by atoms with van der Waals surface area (Å²) in [5, 5.41) is 11.5. The average Bonchev–Trinajstić information content (AvgIpc) is 2.80. The highest BCUT2D eigenvalue weighted by atomic mass is 32.1. The molecule has 0 aliphatic carbocycles. The van der Waals surface area contributed by atoms with Gasteiger partial charge in [-0.1, -0.05) is 0 Å². The standard InChI is InChI=1S/C14H9FN2O2S/c1-8-4-9(6-11(5-8)17(18)19)14-16-12-3-2-10(15)7-13(12)20-14/h2-7H,1H3. The van der Waals surface area contributed by atoms with Gasteiger partial charge in [0, 0.05) is 17.7 Å². The third kappa shape index (κ3) is 2.25. The maximum Gasteiger partial charge on any atom is 0.270 e. The van der Waals surface area contributed by atoms with E-state index in [9.17, 15) is 14.5 Å². The van der Waals surface area contributed by atoms with Crippen molar-refractivity contribution >= 4 is 27.2 Å². The van der Waals surface area contributed by atoms with Crippen molar-refractivity contribution in [3.63, 3.8) is 0 Å². The van der Waals surface area contributed by atoms with Crippen molar-refractivity contribution in [2.24, 2.45) is 0 Å². The lowest BCUT2D eigenvalue weighted by atomic mass is 10.1. The van der Waals surface area contributed by atoms with E-state index in [1.807, 2.05) is 6.07 Å². The Morgan fingerprint density at radius 1 is 1.25 bits per heavy atom. The quantitative estimate of drug-likeness (QED) is 0.521. The summed E-state index contributed by atoms with van der Waals surface area (Å²) in [5.41, 5.74) is 2.19. The lowest BCUT2D eigenvalue weighted by Crippen LogP contribution is -1.89. The molecular formula is C14H9FN2O2S. The van der Waals surface area contributed by atoms with Gasteiger partial charge in [0.25, 0.3) is 5.69 Å². The van der Waals surface area contributed by atoms with Crippen molar-refractivity contribution in [3.8, 4) is 10.6 Å². The van der Waals surface area contributed by atoms with Crippen LogP contribution in [0.4, 0.5) is 10.1 Å². The molecule has 20 heavy (non-hydrogen) atoms. The van der Waals surface area contributed by atoms with Crippen molar-refractivity contribution in [2.45, 2.75) is 6.92 Å².